The summed E-state index contributed by atoms with van der Waals surface area (Å²) in [5, 5.41) is 14.0. The number of carbonyl (C=O) groups is 1. The number of anilines is 1. The minimum absolute atomic E-state index is 0.0178. The molecule has 0 saturated carbocycles. The summed E-state index contributed by atoms with van der Waals surface area (Å²) in [7, 11) is 1.61. The van der Waals surface area contributed by atoms with E-state index >= 15 is 0 Å². The van der Waals surface area contributed by atoms with Gasteiger partial charge in [0.1, 0.15) is 11.6 Å². The van der Waals surface area contributed by atoms with Crippen LogP contribution in [0.1, 0.15) is 44.1 Å². The lowest BCUT2D eigenvalue weighted by atomic mass is 9.92. The molecule has 2 aromatic heterocycles. The summed E-state index contributed by atoms with van der Waals surface area (Å²) in [6.07, 6.45) is -3.49. The van der Waals surface area contributed by atoms with E-state index in [4.69, 9.17) is 4.74 Å². The van der Waals surface area contributed by atoms with Crippen molar-refractivity contribution in [3.8, 4) is 5.75 Å². The number of methoxy groups -OCH3 is 1. The molecule has 1 fully saturated rings. The average Bonchev–Trinajstić information content (AvgIpc) is 3.26. The van der Waals surface area contributed by atoms with Crippen molar-refractivity contribution in [3.05, 3.63) is 47.8 Å². The second kappa shape index (κ2) is 9.47. The van der Waals surface area contributed by atoms with Gasteiger partial charge in [0.05, 0.1) is 13.2 Å². The van der Waals surface area contributed by atoms with Crippen molar-refractivity contribution < 1.29 is 22.7 Å². The number of nitrogens with one attached hydrogen (secondary N) is 1. The van der Waals surface area contributed by atoms with Crippen LogP contribution in [0.4, 0.5) is 19.0 Å². The van der Waals surface area contributed by atoms with Crippen molar-refractivity contribution in [1.82, 2.24) is 25.1 Å². The molecule has 1 unspecified atom stereocenters. The highest BCUT2D eigenvalue weighted by Gasteiger charge is 2.38. The van der Waals surface area contributed by atoms with Crippen LogP contribution >= 0.6 is 0 Å². The third-order valence-corrected chi connectivity index (χ3v) is 6.13. The number of rotatable bonds is 6. The van der Waals surface area contributed by atoms with Gasteiger partial charge in [-0.3, -0.25) is 4.79 Å². The number of nitrogens with zero attached hydrogens (tertiary/aromatic N) is 5. The Morgan fingerprint density at radius 2 is 1.76 bits per heavy atom. The van der Waals surface area contributed by atoms with Crippen molar-refractivity contribution in [2.45, 2.75) is 38.9 Å². The van der Waals surface area contributed by atoms with Gasteiger partial charge in [-0.1, -0.05) is 26.0 Å². The van der Waals surface area contributed by atoms with Crippen LogP contribution in [0.15, 0.2) is 36.4 Å². The molecule has 0 radical (unpaired) electrons. The molecule has 34 heavy (non-hydrogen) atoms. The molecule has 1 atom stereocenters. The largest absolute Gasteiger partial charge is 0.497 e. The van der Waals surface area contributed by atoms with E-state index in [1.165, 1.54) is 6.07 Å². The molecule has 3 aromatic rings. The van der Waals surface area contributed by atoms with Crippen molar-refractivity contribution in [3.63, 3.8) is 0 Å². The van der Waals surface area contributed by atoms with Gasteiger partial charge in [-0.15, -0.1) is 15.3 Å². The third kappa shape index (κ3) is 4.92. The Hall–Kier alpha value is -3.37. The second-order valence-corrected chi connectivity index (χ2v) is 8.75. The van der Waals surface area contributed by atoms with Crippen molar-refractivity contribution in [2.75, 3.05) is 25.1 Å². The van der Waals surface area contributed by atoms with Crippen molar-refractivity contribution in [1.29, 1.82) is 0 Å². The number of alkyl halides is 3. The molecule has 8 nitrogen and oxygen atoms in total. The minimum atomic E-state index is -4.65. The molecule has 1 saturated heterocycles. The van der Waals surface area contributed by atoms with E-state index in [0.29, 0.717) is 31.7 Å². The van der Waals surface area contributed by atoms with E-state index in [0.717, 1.165) is 15.8 Å². The number of fused-ring (bicyclic) bond motifs is 1. The SMILES string of the molecule is COc1ccc(C(NC(=O)C2CCN(c3ccc4nnc(C(F)(F)F)n4n3)CC2)C(C)C)cc1. The lowest BCUT2D eigenvalue weighted by Gasteiger charge is -2.33. The molecule has 3 heterocycles. The fourth-order valence-corrected chi connectivity index (χ4v) is 4.21. The number of benzene rings is 1. The van der Waals surface area contributed by atoms with Gasteiger partial charge in [0, 0.05) is 19.0 Å². The van der Waals surface area contributed by atoms with Gasteiger partial charge < -0.3 is 15.0 Å². The monoisotopic (exact) mass is 476 g/mol. The van der Waals surface area contributed by atoms with E-state index in [2.05, 4.69) is 34.5 Å². The van der Waals surface area contributed by atoms with Crippen LogP contribution in [0.3, 0.4) is 0 Å². The van der Waals surface area contributed by atoms with Crippen molar-refractivity contribution in [2.24, 2.45) is 11.8 Å². The Morgan fingerprint density at radius 3 is 2.35 bits per heavy atom. The fourth-order valence-electron chi connectivity index (χ4n) is 4.21. The topological polar surface area (TPSA) is 84.6 Å². The van der Waals surface area contributed by atoms with Gasteiger partial charge in [0.25, 0.3) is 5.82 Å². The van der Waals surface area contributed by atoms with E-state index < -0.39 is 12.0 Å². The lowest BCUT2D eigenvalue weighted by molar-refractivity contribution is -0.146. The Balaban J connectivity index is 1.41. The molecule has 1 N–H and O–H groups in total. The second-order valence-electron chi connectivity index (χ2n) is 8.75. The first kappa shape index (κ1) is 23.8. The first-order valence-electron chi connectivity index (χ1n) is 11.2. The number of hydrogen-bond donors (Lipinski definition) is 1. The van der Waals surface area contributed by atoms with E-state index in [9.17, 15) is 18.0 Å². The highest BCUT2D eigenvalue weighted by atomic mass is 19.4. The number of ether oxygens (including phenoxy) is 1. The number of carbonyl (C=O) groups excluding carboxylic acids is 1. The minimum Gasteiger partial charge on any atom is -0.497 e. The van der Waals surface area contributed by atoms with Gasteiger partial charge in [-0.2, -0.15) is 17.7 Å². The molecule has 1 amide bonds. The molecule has 1 aliphatic rings. The van der Waals surface area contributed by atoms with Crippen LogP contribution in [0.2, 0.25) is 0 Å². The van der Waals surface area contributed by atoms with Crippen LogP contribution in [0.5, 0.6) is 5.75 Å². The van der Waals surface area contributed by atoms with Gasteiger partial charge in [-0.25, -0.2) is 0 Å². The molecular weight excluding hydrogens is 449 g/mol. The zero-order valence-corrected chi connectivity index (χ0v) is 19.2. The Morgan fingerprint density at radius 1 is 1.09 bits per heavy atom. The maximum atomic E-state index is 13.2. The van der Waals surface area contributed by atoms with Gasteiger partial charge >= 0.3 is 6.18 Å². The summed E-state index contributed by atoms with van der Waals surface area (Å²) < 4.78 is 45.4. The Kier molecular flexibility index (Phi) is 6.63. The quantitative estimate of drug-likeness (QED) is 0.581. The number of halogens is 3. The standard InChI is InChI=1S/C23H27F3N6O2/c1-14(2)20(15-4-6-17(34-3)7-5-15)27-21(33)16-10-12-31(13-11-16)19-9-8-18-28-29-22(23(24,25)26)32(18)30-19/h4-9,14,16,20H,10-13H2,1-3H3,(H,27,33). The molecule has 4 rings (SSSR count). The summed E-state index contributed by atoms with van der Waals surface area (Å²) in [6, 6.07) is 10.6. The summed E-state index contributed by atoms with van der Waals surface area (Å²) in [5.74, 6) is -0.00625. The fraction of sp³-hybridized carbons (Fsp3) is 0.478. The van der Waals surface area contributed by atoms with Gasteiger partial charge in [0.15, 0.2) is 5.65 Å². The van der Waals surface area contributed by atoms with Crippen molar-refractivity contribution >= 4 is 17.4 Å². The number of piperidine rings is 1. The van der Waals surface area contributed by atoms with E-state index in [1.807, 2.05) is 29.2 Å². The van der Waals surface area contributed by atoms with Crippen LogP contribution in [-0.4, -0.2) is 45.9 Å². The normalized spacial score (nSPS) is 16.1. The molecule has 0 aliphatic carbocycles. The summed E-state index contributed by atoms with van der Waals surface area (Å²) >= 11 is 0. The first-order chi connectivity index (χ1) is 16.2. The predicted octanol–water partition coefficient (Wildman–Crippen LogP) is 3.88. The molecule has 1 aliphatic heterocycles. The van der Waals surface area contributed by atoms with Crippen LogP contribution < -0.4 is 15.0 Å². The molecular formula is C23H27F3N6O2. The lowest BCUT2D eigenvalue weighted by Crippen LogP contribution is -2.42. The molecule has 11 heteroatoms. The summed E-state index contributed by atoms with van der Waals surface area (Å²) in [4.78, 5) is 14.9. The molecule has 1 aromatic carbocycles. The summed E-state index contributed by atoms with van der Waals surface area (Å²) in [5.41, 5.74) is 1.04. The third-order valence-electron chi connectivity index (χ3n) is 6.13. The number of hydrogen-bond acceptors (Lipinski definition) is 6. The van der Waals surface area contributed by atoms with Crippen LogP contribution in [0, 0.1) is 11.8 Å². The van der Waals surface area contributed by atoms with Gasteiger partial charge in [0.2, 0.25) is 5.91 Å². The highest BCUT2D eigenvalue weighted by Crippen LogP contribution is 2.29. The van der Waals surface area contributed by atoms with Crippen LogP contribution in [-0.2, 0) is 11.0 Å². The summed E-state index contributed by atoms with van der Waals surface area (Å²) in [6.45, 7) is 5.13. The Labute approximate surface area is 195 Å². The average molecular weight is 477 g/mol. The van der Waals surface area contributed by atoms with Gasteiger partial charge in [-0.05, 0) is 48.6 Å². The van der Waals surface area contributed by atoms with Crippen LogP contribution in [0.25, 0.3) is 5.65 Å². The highest BCUT2D eigenvalue weighted by molar-refractivity contribution is 5.79. The number of amides is 1. The maximum Gasteiger partial charge on any atom is 0.453 e. The van der Waals surface area contributed by atoms with E-state index in [-0.39, 0.29) is 29.4 Å². The maximum absolute atomic E-state index is 13.2. The van der Waals surface area contributed by atoms with E-state index in [1.54, 1.807) is 13.2 Å². The molecule has 182 valence electrons. The predicted molar refractivity (Wildman–Crippen MR) is 119 cm³/mol. The number of aromatic nitrogens is 4. The zero-order chi connectivity index (χ0) is 24.5. The molecule has 0 spiro atoms. The molecule has 0 bridgehead atoms. The Bertz CT molecular complexity index is 1140. The first-order valence-corrected chi connectivity index (χ1v) is 11.2. The smallest absolute Gasteiger partial charge is 0.453 e. The zero-order valence-electron chi connectivity index (χ0n) is 19.2.